The predicted molar refractivity (Wildman–Crippen MR) is 91.0 cm³/mol. The molecular weight excluding hydrogens is 300 g/mol. The van der Waals surface area contributed by atoms with Crippen molar-refractivity contribution in [2.45, 2.75) is 32.2 Å². The van der Waals surface area contributed by atoms with Crippen LogP contribution >= 0.6 is 12.4 Å². The van der Waals surface area contributed by atoms with Gasteiger partial charge in [-0.2, -0.15) is 0 Å². The molecule has 0 aliphatic carbocycles. The quantitative estimate of drug-likeness (QED) is 0.844. The number of rotatable bonds is 6. The number of nitrogens with two attached hydrogens (primary N) is 1. The van der Waals surface area contributed by atoms with Gasteiger partial charge in [0.05, 0.1) is 5.92 Å². The predicted octanol–water partition coefficient (Wildman–Crippen LogP) is 2.68. The summed E-state index contributed by atoms with van der Waals surface area (Å²) < 4.78 is 5.34. The van der Waals surface area contributed by atoms with E-state index in [9.17, 15) is 4.79 Å². The second kappa shape index (κ2) is 9.82. The lowest BCUT2D eigenvalue weighted by Crippen LogP contribution is -2.36. The molecule has 22 heavy (non-hydrogen) atoms. The van der Waals surface area contributed by atoms with Crippen LogP contribution in [0, 0.1) is 11.8 Å². The summed E-state index contributed by atoms with van der Waals surface area (Å²) in [5, 5.41) is 3.02. The Bertz CT molecular complexity index is 436. The highest BCUT2D eigenvalue weighted by molar-refractivity contribution is 5.85. The standard InChI is InChI=1S/C17H26N2O2.ClH/c1-13(16(18)15-5-3-2-4-6-15)17(20)19-10-7-14-8-11-21-12-9-14;/h2-6,13-14,16H,7-12,18H2,1H3,(H,19,20);1H. The Kier molecular flexibility index (Phi) is 8.46. The molecule has 1 heterocycles. The highest BCUT2D eigenvalue weighted by Gasteiger charge is 2.22. The van der Waals surface area contributed by atoms with Gasteiger partial charge in [-0.3, -0.25) is 4.79 Å². The maximum absolute atomic E-state index is 12.2. The lowest BCUT2D eigenvalue weighted by Gasteiger charge is -2.23. The van der Waals surface area contributed by atoms with Gasteiger partial charge in [-0.05, 0) is 30.7 Å². The number of carbonyl (C=O) groups is 1. The highest BCUT2D eigenvalue weighted by Crippen LogP contribution is 2.20. The molecule has 2 unspecified atom stereocenters. The first-order valence-corrected chi connectivity index (χ1v) is 7.84. The molecule has 1 saturated heterocycles. The Morgan fingerprint density at radius 3 is 2.59 bits per heavy atom. The molecular formula is C17H27ClN2O2. The summed E-state index contributed by atoms with van der Waals surface area (Å²) >= 11 is 0. The van der Waals surface area contributed by atoms with E-state index in [1.807, 2.05) is 37.3 Å². The molecule has 0 spiro atoms. The van der Waals surface area contributed by atoms with Gasteiger partial charge in [0.2, 0.25) is 5.91 Å². The molecule has 0 bridgehead atoms. The van der Waals surface area contributed by atoms with E-state index >= 15 is 0 Å². The van der Waals surface area contributed by atoms with Crippen molar-refractivity contribution in [3.63, 3.8) is 0 Å². The number of ether oxygens (including phenoxy) is 1. The Morgan fingerprint density at radius 2 is 1.95 bits per heavy atom. The summed E-state index contributed by atoms with van der Waals surface area (Å²) in [6, 6.07) is 9.53. The minimum absolute atomic E-state index is 0. The molecule has 1 fully saturated rings. The van der Waals surface area contributed by atoms with Gasteiger partial charge in [0, 0.05) is 25.8 Å². The Morgan fingerprint density at radius 1 is 1.32 bits per heavy atom. The Labute approximate surface area is 139 Å². The van der Waals surface area contributed by atoms with E-state index in [1.165, 1.54) is 0 Å². The van der Waals surface area contributed by atoms with Gasteiger partial charge in [-0.15, -0.1) is 12.4 Å². The van der Waals surface area contributed by atoms with Crippen LogP contribution in [0.3, 0.4) is 0 Å². The van der Waals surface area contributed by atoms with E-state index in [0.717, 1.165) is 44.6 Å². The second-order valence-electron chi connectivity index (χ2n) is 5.86. The van der Waals surface area contributed by atoms with Crippen molar-refractivity contribution in [1.29, 1.82) is 0 Å². The van der Waals surface area contributed by atoms with E-state index in [1.54, 1.807) is 0 Å². The molecule has 4 nitrogen and oxygen atoms in total. The third-order valence-electron chi connectivity index (χ3n) is 4.33. The van der Waals surface area contributed by atoms with Gasteiger partial charge in [-0.1, -0.05) is 37.3 Å². The van der Waals surface area contributed by atoms with Gasteiger partial charge in [0.25, 0.3) is 0 Å². The maximum Gasteiger partial charge on any atom is 0.224 e. The van der Waals surface area contributed by atoms with Crippen LogP contribution in [-0.4, -0.2) is 25.7 Å². The van der Waals surface area contributed by atoms with E-state index in [-0.39, 0.29) is 30.3 Å². The van der Waals surface area contributed by atoms with Crippen LogP contribution in [0.2, 0.25) is 0 Å². The second-order valence-corrected chi connectivity index (χ2v) is 5.86. The number of nitrogens with one attached hydrogen (secondary N) is 1. The zero-order chi connectivity index (χ0) is 15.1. The summed E-state index contributed by atoms with van der Waals surface area (Å²) in [5.74, 6) is 0.498. The van der Waals surface area contributed by atoms with Crippen molar-refractivity contribution in [3.8, 4) is 0 Å². The lowest BCUT2D eigenvalue weighted by atomic mass is 9.94. The zero-order valence-corrected chi connectivity index (χ0v) is 14.0. The third kappa shape index (κ3) is 5.59. The maximum atomic E-state index is 12.2. The molecule has 1 aromatic carbocycles. The molecule has 0 aromatic heterocycles. The molecule has 2 atom stereocenters. The van der Waals surface area contributed by atoms with Crippen LogP contribution in [0.15, 0.2) is 30.3 Å². The van der Waals surface area contributed by atoms with Crippen molar-refractivity contribution in [2.75, 3.05) is 19.8 Å². The SMILES string of the molecule is CC(C(=O)NCCC1CCOCC1)C(N)c1ccccc1.Cl. The summed E-state index contributed by atoms with van der Waals surface area (Å²) in [7, 11) is 0. The summed E-state index contributed by atoms with van der Waals surface area (Å²) in [4.78, 5) is 12.2. The lowest BCUT2D eigenvalue weighted by molar-refractivity contribution is -0.125. The monoisotopic (exact) mass is 326 g/mol. The molecule has 3 N–H and O–H groups in total. The molecule has 0 radical (unpaired) electrons. The molecule has 2 rings (SSSR count). The Hall–Kier alpha value is -1.10. The van der Waals surface area contributed by atoms with Crippen LogP contribution in [0.1, 0.15) is 37.8 Å². The highest BCUT2D eigenvalue weighted by atomic mass is 35.5. The Balaban J connectivity index is 0.00000242. The van der Waals surface area contributed by atoms with Crippen LogP contribution < -0.4 is 11.1 Å². The van der Waals surface area contributed by atoms with Gasteiger partial charge < -0.3 is 15.8 Å². The van der Waals surface area contributed by atoms with Crippen molar-refractivity contribution in [1.82, 2.24) is 5.32 Å². The molecule has 1 amide bonds. The third-order valence-corrected chi connectivity index (χ3v) is 4.33. The fraction of sp³-hybridized carbons (Fsp3) is 0.588. The molecule has 124 valence electrons. The van der Waals surface area contributed by atoms with Gasteiger partial charge in [-0.25, -0.2) is 0 Å². The van der Waals surface area contributed by atoms with Crippen molar-refractivity contribution in [3.05, 3.63) is 35.9 Å². The number of carbonyl (C=O) groups excluding carboxylic acids is 1. The zero-order valence-electron chi connectivity index (χ0n) is 13.2. The number of halogens is 1. The molecule has 1 aliphatic rings. The number of benzene rings is 1. The minimum atomic E-state index is -0.255. The van der Waals surface area contributed by atoms with Crippen LogP contribution in [-0.2, 0) is 9.53 Å². The molecule has 5 heteroatoms. The van der Waals surface area contributed by atoms with Gasteiger partial charge in [0.15, 0.2) is 0 Å². The average molecular weight is 327 g/mol. The number of hydrogen-bond acceptors (Lipinski definition) is 3. The smallest absolute Gasteiger partial charge is 0.224 e. The minimum Gasteiger partial charge on any atom is -0.381 e. The summed E-state index contributed by atoms with van der Waals surface area (Å²) in [5.41, 5.74) is 7.18. The topological polar surface area (TPSA) is 64.3 Å². The van der Waals surface area contributed by atoms with E-state index in [0.29, 0.717) is 5.92 Å². The number of hydrogen-bond donors (Lipinski definition) is 2. The number of amides is 1. The molecule has 1 aromatic rings. The first-order chi connectivity index (χ1) is 10.2. The van der Waals surface area contributed by atoms with E-state index < -0.39 is 0 Å². The fourth-order valence-electron chi connectivity index (χ4n) is 2.72. The van der Waals surface area contributed by atoms with Crippen LogP contribution in [0.5, 0.6) is 0 Å². The van der Waals surface area contributed by atoms with Gasteiger partial charge in [0.1, 0.15) is 0 Å². The largest absolute Gasteiger partial charge is 0.381 e. The van der Waals surface area contributed by atoms with Crippen LogP contribution in [0.25, 0.3) is 0 Å². The van der Waals surface area contributed by atoms with Crippen molar-refractivity contribution < 1.29 is 9.53 Å². The normalized spacial score (nSPS) is 18.1. The fourth-order valence-corrected chi connectivity index (χ4v) is 2.72. The molecule has 0 saturated carbocycles. The first kappa shape index (κ1) is 18.9. The first-order valence-electron chi connectivity index (χ1n) is 7.84. The van der Waals surface area contributed by atoms with E-state index in [2.05, 4.69) is 5.32 Å². The summed E-state index contributed by atoms with van der Waals surface area (Å²) in [6.45, 7) is 4.33. The van der Waals surface area contributed by atoms with Crippen LogP contribution in [0.4, 0.5) is 0 Å². The average Bonchev–Trinajstić information content (AvgIpc) is 2.55. The van der Waals surface area contributed by atoms with Crippen molar-refractivity contribution >= 4 is 18.3 Å². The van der Waals surface area contributed by atoms with E-state index in [4.69, 9.17) is 10.5 Å². The van der Waals surface area contributed by atoms with Gasteiger partial charge >= 0.3 is 0 Å². The van der Waals surface area contributed by atoms with Crippen molar-refractivity contribution in [2.24, 2.45) is 17.6 Å². The molecule has 1 aliphatic heterocycles. The summed E-state index contributed by atoms with van der Waals surface area (Å²) in [6.07, 6.45) is 3.24.